The fraction of sp³-hybridized carbons (Fsp3) is 0.917. The first-order chi connectivity index (χ1) is 7.10. The van der Waals surface area contributed by atoms with Crippen molar-refractivity contribution in [2.45, 2.75) is 39.7 Å². The Bertz CT molecular complexity index is 212. The molecule has 0 heterocycles. The van der Waals surface area contributed by atoms with Crippen molar-refractivity contribution in [1.29, 1.82) is 0 Å². The van der Waals surface area contributed by atoms with Crippen LogP contribution < -0.4 is 0 Å². The Hall–Kier alpha value is -0.570. The Kier molecular flexibility index (Phi) is 4.58. The Labute approximate surface area is 92.8 Å². The minimum Gasteiger partial charge on any atom is -0.468 e. The normalized spacial score (nSPS) is 18.3. The zero-order valence-corrected chi connectivity index (χ0v) is 10.3. The maximum Gasteiger partial charge on any atom is 0.323 e. The van der Waals surface area contributed by atoms with Crippen molar-refractivity contribution in [3.8, 4) is 0 Å². The number of rotatable bonds is 6. The summed E-state index contributed by atoms with van der Waals surface area (Å²) in [6.07, 6.45) is 2.35. The summed E-state index contributed by atoms with van der Waals surface area (Å²) in [7, 11) is 1.49. The highest BCUT2D eigenvalue weighted by atomic mass is 16.5. The molecule has 0 amide bonds. The van der Waals surface area contributed by atoms with Gasteiger partial charge in [0.25, 0.3) is 0 Å². The van der Waals surface area contributed by atoms with E-state index in [1.165, 1.54) is 20.0 Å². The van der Waals surface area contributed by atoms with Gasteiger partial charge in [-0.2, -0.15) is 0 Å². The van der Waals surface area contributed by atoms with Crippen LogP contribution in [0.1, 0.15) is 33.6 Å². The third-order valence-electron chi connectivity index (χ3n) is 2.91. The zero-order chi connectivity index (χ0) is 11.4. The lowest BCUT2D eigenvalue weighted by Gasteiger charge is -2.30. The van der Waals surface area contributed by atoms with Crippen LogP contribution in [0.2, 0.25) is 0 Å². The average Bonchev–Trinajstić information content (AvgIpc) is 2.99. The number of methoxy groups -OCH3 is 1. The second-order valence-electron chi connectivity index (χ2n) is 4.79. The first kappa shape index (κ1) is 12.5. The lowest BCUT2D eigenvalue weighted by atomic mass is 10.1. The molecular formula is C12H23NO2. The van der Waals surface area contributed by atoms with E-state index in [1.807, 2.05) is 0 Å². The third kappa shape index (κ3) is 3.49. The van der Waals surface area contributed by atoms with Gasteiger partial charge in [0.2, 0.25) is 0 Å². The van der Waals surface area contributed by atoms with E-state index in [4.69, 9.17) is 4.74 Å². The lowest BCUT2D eigenvalue weighted by molar-refractivity contribution is -0.148. The van der Waals surface area contributed by atoms with E-state index in [2.05, 4.69) is 25.7 Å². The third-order valence-corrected chi connectivity index (χ3v) is 2.91. The van der Waals surface area contributed by atoms with E-state index in [-0.39, 0.29) is 12.0 Å². The van der Waals surface area contributed by atoms with Gasteiger partial charge in [-0.1, -0.05) is 20.8 Å². The summed E-state index contributed by atoms with van der Waals surface area (Å²) in [5, 5.41) is 0. The van der Waals surface area contributed by atoms with Crippen LogP contribution in [0.25, 0.3) is 0 Å². The van der Waals surface area contributed by atoms with Crippen LogP contribution in [-0.2, 0) is 9.53 Å². The molecule has 1 rings (SSSR count). The van der Waals surface area contributed by atoms with Gasteiger partial charge in [-0.15, -0.1) is 0 Å². The highest BCUT2D eigenvalue weighted by Gasteiger charge is 2.40. The van der Waals surface area contributed by atoms with E-state index in [1.54, 1.807) is 0 Å². The van der Waals surface area contributed by atoms with Crippen LogP contribution >= 0.6 is 0 Å². The van der Waals surface area contributed by atoms with E-state index in [0.717, 1.165) is 13.1 Å². The fourth-order valence-corrected chi connectivity index (χ4v) is 2.08. The Morgan fingerprint density at radius 1 is 1.47 bits per heavy atom. The molecule has 0 radical (unpaired) electrons. The van der Waals surface area contributed by atoms with E-state index in [0.29, 0.717) is 11.8 Å². The van der Waals surface area contributed by atoms with Gasteiger partial charge in [0.15, 0.2) is 0 Å². The number of carbonyl (C=O) groups is 1. The Balaban J connectivity index is 2.62. The van der Waals surface area contributed by atoms with Crippen molar-refractivity contribution in [3.63, 3.8) is 0 Å². The van der Waals surface area contributed by atoms with Gasteiger partial charge in [0.05, 0.1) is 7.11 Å². The molecule has 1 atom stereocenters. The van der Waals surface area contributed by atoms with Crippen molar-refractivity contribution in [2.24, 2.45) is 11.8 Å². The van der Waals surface area contributed by atoms with Gasteiger partial charge in [0, 0.05) is 6.54 Å². The first-order valence-corrected chi connectivity index (χ1v) is 5.92. The minimum atomic E-state index is -0.0556. The number of esters is 1. The molecule has 0 aliphatic heterocycles. The number of hydrogen-bond acceptors (Lipinski definition) is 3. The highest BCUT2D eigenvalue weighted by molar-refractivity contribution is 5.76. The lowest BCUT2D eigenvalue weighted by Crippen LogP contribution is -2.45. The van der Waals surface area contributed by atoms with E-state index >= 15 is 0 Å². The maximum atomic E-state index is 11.7. The topological polar surface area (TPSA) is 29.5 Å². The van der Waals surface area contributed by atoms with E-state index < -0.39 is 0 Å². The molecule has 0 aromatic heterocycles. The molecule has 0 saturated heterocycles. The molecule has 0 bridgehead atoms. The monoisotopic (exact) mass is 213 g/mol. The van der Waals surface area contributed by atoms with Gasteiger partial charge in [-0.25, -0.2) is 0 Å². The number of likely N-dealkylation sites (N-methyl/N-ethyl adjacent to an activating group) is 1. The zero-order valence-electron chi connectivity index (χ0n) is 10.3. The smallest absolute Gasteiger partial charge is 0.323 e. The van der Waals surface area contributed by atoms with E-state index in [9.17, 15) is 4.79 Å². The molecule has 0 N–H and O–H groups in total. The number of ether oxygens (including phenoxy) is 1. The molecule has 1 aliphatic rings. The molecule has 1 unspecified atom stereocenters. The molecule has 0 aromatic carbocycles. The van der Waals surface area contributed by atoms with Crippen LogP contribution in [0.15, 0.2) is 0 Å². The van der Waals surface area contributed by atoms with Crippen LogP contribution in [0.4, 0.5) is 0 Å². The SMILES string of the molecule is CCN(CC(C)C)C(C(=O)OC)C1CC1. The van der Waals surface area contributed by atoms with Crippen molar-refractivity contribution in [1.82, 2.24) is 4.90 Å². The van der Waals surface area contributed by atoms with Gasteiger partial charge < -0.3 is 4.74 Å². The van der Waals surface area contributed by atoms with Crippen LogP contribution in [0, 0.1) is 11.8 Å². The predicted octanol–water partition coefficient (Wildman–Crippen LogP) is 1.92. The summed E-state index contributed by atoms with van der Waals surface area (Å²) in [6.45, 7) is 8.38. The Morgan fingerprint density at radius 2 is 2.07 bits per heavy atom. The maximum absolute atomic E-state index is 11.7. The first-order valence-electron chi connectivity index (χ1n) is 5.92. The second-order valence-corrected chi connectivity index (χ2v) is 4.79. The number of hydrogen-bond donors (Lipinski definition) is 0. The van der Waals surface area contributed by atoms with Crippen LogP contribution in [-0.4, -0.2) is 37.1 Å². The van der Waals surface area contributed by atoms with Crippen molar-refractivity contribution >= 4 is 5.97 Å². The number of nitrogens with zero attached hydrogens (tertiary/aromatic N) is 1. The van der Waals surface area contributed by atoms with Gasteiger partial charge in [-0.3, -0.25) is 9.69 Å². The predicted molar refractivity (Wildman–Crippen MR) is 60.6 cm³/mol. The molecule has 1 aliphatic carbocycles. The molecule has 0 aromatic rings. The quantitative estimate of drug-likeness (QED) is 0.631. The summed E-state index contributed by atoms with van der Waals surface area (Å²) in [6, 6.07) is 0.00222. The highest BCUT2D eigenvalue weighted by Crippen LogP contribution is 2.36. The van der Waals surface area contributed by atoms with Crippen LogP contribution in [0.5, 0.6) is 0 Å². The molecule has 88 valence electrons. The summed E-state index contributed by atoms with van der Waals surface area (Å²) in [4.78, 5) is 14.0. The van der Waals surface area contributed by atoms with Crippen molar-refractivity contribution in [2.75, 3.05) is 20.2 Å². The van der Waals surface area contributed by atoms with Crippen molar-refractivity contribution in [3.05, 3.63) is 0 Å². The average molecular weight is 213 g/mol. The van der Waals surface area contributed by atoms with Gasteiger partial charge >= 0.3 is 5.97 Å². The largest absolute Gasteiger partial charge is 0.468 e. The molecular weight excluding hydrogens is 190 g/mol. The molecule has 15 heavy (non-hydrogen) atoms. The summed E-state index contributed by atoms with van der Waals surface area (Å²) >= 11 is 0. The second kappa shape index (κ2) is 5.50. The van der Waals surface area contributed by atoms with Crippen molar-refractivity contribution < 1.29 is 9.53 Å². The molecule has 3 heteroatoms. The molecule has 1 fully saturated rings. The molecule has 0 spiro atoms. The summed E-state index contributed by atoms with van der Waals surface area (Å²) in [5.74, 6) is 1.08. The minimum absolute atomic E-state index is 0.00222. The molecule has 3 nitrogen and oxygen atoms in total. The summed E-state index contributed by atoms with van der Waals surface area (Å²) < 4.78 is 4.90. The molecule has 1 saturated carbocycles. The van der Waals surface area contributed by atoms with Gasteiger partial charge in [-0.05, 0) is 31.2 Å². The summed E-state index contributed by atoms with van der Waals surface area (Å²) in [5.41, 5.74) is 0. The standard InChI is InChI=1S/C12H23NO2/c1-5-13(8-9(2)3)11(10-6-7-10)12(14)15-4/h9-11H,5-8H2,1-4H3. The van der Waals surface area contributed by atoms with Gasteiger partial charge in [0.1, 0.15) is 6.04 Å². The number of carbonyl (C=O) groups excluding carboxylic acids is 1. The van der Waals surface area contributed by atoms with Crippen LogP contribution in [0.3, 0.4) is 0 Å². The Morgan fingerprint density at radius 3 is 2.40 bits per heavy atom. The fourth-order valence-electron chi connectivity index (χ4n) is 2.08.